The van der Waals surface area contributed by atoms with Crippen LogP contribution < -0.4 is 5.32 Å². The molecule has 0 spiro atoms. The summed E-state index contributed by atoms with van der Waals surface area (Å²) in [5.74, 6) is 0. The van der Waals surface area contributed by atoms with Gasteiger partial charge in [0.2, 0.25) is 0 Å². The van der Waals surface area contributed by atoms with E-state index in [2.05, 4.69) is 15.5 Å². The Morgan fingerprint density at radius 1 is 1.35 bits per heavy atom. The molecule has 1 aliphatic heterocycles. The van der Waals surface area contributed by atoms with E-state index in [4.69, 9.17) is 0 Å². The molecule has 2 N–H and O–H groups in total. The van der Waals surface area contributed by atoms with E-state index >= 15 is 0 Å². The molecule has 7 nitrogen and oxygen atoms in total. The molecule has 130 valence electrons. The summed E-state index contributed by atoms with van der Waals surface area (Å²) in [6, 6.07) is 0.529. The first-order valence-electron chi connectivity index (χ1n) is 8.47. The Labute approximate surface area is 138 Å². The van der Waals surface area contributed by atoms with E-state index in [1.54, 1.807) is 12.7 Å². The summed E-state index contributed by atoms with van der Waals surface area (Å²) in [5, 5.41) is 20.5. The zero-order chi connectivity index (χ0) is 16.9. The van der Waals surface area contributed by atoms with Gasteiger partial charge in [-0.05, 0) is 52.9 Å². The molecule has 1 aromatic rings. The number of carbonyl (C=O) groups is 1. The molecule has 2 heterocycles. The van der Waals surface area contributed by atoms with Gasteiger partial charge in [-0.15, -0.1) is 10.2 Å². The third-order valence-electron chi connectivity index (χ3n) is 4.41. The van der Waals surface area contributed by atoms with Crippen molar-refractivity contribution in [1.82, 2.24) is 25.0 Å². The normalized spacial score (nSPS) is 18.0. The molecule has 0 aliphatic carbocycles. The molecular formula is C16H29N5O2. The van der Waals surface area contributed by atoms with Crippen LogP contribution in [-0.2, 0) is 0 Å². The molecule has 2 amide bonds. The summed E-state index contributed by atoms with van der Waals surface area (Å²) >= 11 is 0. The molecule has 1 aliphatic rings. The van der Waals surface area contributed by atoms with E-state index < -0.39 is 5.60 Å². The molecule has 23 heavy (non-hydrogen) atoms. The van der Waals surface area contributed by atoms with Crippen molar-refractivity contribution >= 4 is 6.03 Å². The lowest BCUT2D eigenvalue weighted by Crippen LogP contribution is -2.47. The number of aromatic nitrogens is 3. The molecule has 0 unspecified atom stereocenters. The third kappa shape index (κ3) is 5.82. The monoisotopic (exact) mass is 323 g/mol. The number of carbonyl (C=O) groups excluding carboxylic acids is 1. The second-order valence-corrected chi connectivity index (χ2v) is 7.18. The lowest BCUT2D eigenvalue weighted by Gasteiger charge is -2.33. The van der Waals surface area contributed by atoms with Gasteiger partial charge in [0.15, 0.2) is 0 Å². The Morgan fingerprint density at radius 2 is 1.96 bits per heavy atom. The van der Waals surface area contributed by atoms with Crippen LogP contribution in [0.1, 0.15) is 58.9 Å². The molecule has 0 aromatic carbocycles. The van der Waals surface area contributed by atoms with E-state index in [-0.39, 0.29) is 12.1 Å². The summed E-state index contributed by atoms with van der Waals surface area (Å²) in [6.45, 7) is 7.16. The number of piperidine rings is 1. The minimum Gasteiger partial charge on any atom is -0.390 e. The predicted octanol–water partition coefficient (Wildman–Crippen LogP) is 1.95. The minimum atomic E-state index is -0.631. The van der Waals surface area contributed by atoms with Crippen LogP contribution >= 0.6 is 0 Å². The highest BCUT2D eigenvalue weighted by molar-refractivity contribution is 5.74. The van der Waals surface area contributed by atoms with Crippen LogP contribution in [0.4, 0.5) is 4.79 Å². The Kier molecular flexibility index (Phi) is 5.98. The standard InChI is InChI=1S/C16H29N5O2/c1-13(5-4-8-16(2,3)23)19-15(22)20-9-6-14(7-10-20)21-11-17-18-12-21/h11-14,23H,4-10H2,1-3H3,(H,19,22)/t13-/m1/s1. The average molecular weight is 323 g/mol. The van der Waals surface area contributed by atoms with Crippen molar-refractivity contribution in [3.63, 3.8) is 0 Å². The highest BCUT2D eigenvalue weighted by Crippen LogP contribution is 2.21. The summed E-state index contributed by atoms with van der Waals surface area (Å²) in [5.41, 5.74) is -0.631. The van der Waals surface area contributed by atoms with Crippen molar-refractivity contribution in [3.8, 4) is 0 Å². The zero-order valence-electron chi connectivity index (χ0n) is 14.4. The summed E-state index contributed by atoms with van der Waals surface area (Å²) < 4.78 is 2.02. The van der Waals surface area contributed by atoms with Crippen molar-refractivity contribution in [2.45, 2.75) is 70.6 Å². The Balaban J connectivity index is 1.68. The summed E-state index contributed by atoms with van der Waals surface area (Å²) in [7, 11) is 0. The van der Waals surface area contributed by atoms with Crippen LogP contribution in [0.25, 0.3) is 0 Å². The van der Waals surface area contributed by atoms with Gasteiger partial charge >= 0.3 is 6.03 Å². The first kappa shape index (κ1) is 17.7. The number of amides is 2. The summed E-state index contributed by atoms with van der Waals surface area (Å²) in [4.78, 5) is 14.2. The lowest BCUT2D eigenvalue weighted by atomic mass is 10.00. The topological polar surface area (TPSA) is 83.3 Å². The SMILES string of the molecule is C[C@H](CCCC(C)(C)O)NC(=O)N1CCC(n2cnnc2)CC1. The van der Waals surface area contributed by atoms with Gasteiger partial charge in [0.05, 0.1) is 5.60 Å². The molecule has 2 rings (SSSR count). The zero-order valence-corrected chi connectivity index (χ0v) is 14.4. The van der Waals surface area contributed by atoms with E-state index in [1.807, 2.05) is 30.2 Å². The molecule has 1 fully saturated rings. The minimum absolute atomic E-state index is 0.0166. The third-order valence-corrected chi connectivity index (χ3v) is 4.41. The van der Waals surface area contributed by atoms with E-state index in [0.29, 0.717) is 6.04 Å². The van der Waals surface area contributed by atoms with Crippen molar-refractivity contribution in [2.24, 2.45) is 0 Å². The van der Waals surface area contributed by atoms with Gasteiger partial charge in [0.25, 0.3) is 0 Å². The van der Waals surface area contributed by atoms with E-state index in [0.717, 1.165) is 45.2 Å². The van der Waals surface area contributed by atoms with Crippen LogP contribution in [0.15, 0.2) is 12.7 Å². The number of aliphatic hydroxyl groups is 1. The van der Waals surface area contributed by atoms with Gasteiger partial charge < -0.3 is 19.9 Å². The second kappa shape index (κ2) is 7.77. The predicted molar refractivity (Wildman–Crippen MR) is 88.0 cm³/mol. The number of hydrogen-bond donors (Lipinski definition) is 2. The fourth-order valence-electron chi connectivity index (χ4n) is 2.98. The van der Waals surface area contributed by atoms with Crippen molar-refractivity contribution < 1.29 is 9.90 Å². The second-order valence-electron chi connectivity index (χ2n) is 7.18. The highest BCUT2D eigenvalue weighted by Gasteiger charge is 2.24. The van der Waals surface area contributed by atoms with Crippen LogP contribution in [-0.4, -0.2) is 55.5 Å². The molecule has 0 bridgehead atoms. The van der Waals surface area contributed by atoms with Crippen molar-refractivity contribution in [2.75, 3.05) is 13.1 Å². The van der Waals surface area contributed by atoms with Gasteiger partial charge in [-0.2, -0.15) is 0 Å². The maximum atomic E-state index is 12.3. The molecular weight excluding hydrogens is 294 g/mol. The molecule has 1 aromatic heterocycles. The van der Waals surface area contributed by atoms with Gasteiger partial charge in [-0.1, -0.05) is 0 Å². The van der Waals surface area contributed by atoms with Crippen LogP contribution in [0.3, 0.4) is 0 Å². The lowest BCUT2D eigenvalue weighted by molar-refractivity contribution is 0.0675. The van der Waals surface area contributed by atoms with Crippen LogP contribution in [0, 0.1) is 0 Å². The maximum absolute atomic E-state index is 12.3. The summed E-state index contributed by atoms with van der Waals surface area (Å²) in [6.07, 6.45) is 7.87. The maximum Gasteiger partial charge on any atom is 0.317 e. The van der Waals surface area contributed by atoms with Gasteiger partial charge in [-0.3, -0.25) is 0 Å². The Bertz CT molecular complexity index is 475. The molecule has 0 radical (unpaired) electrons. The van der Waals surface area contributed by atoms with Crippen molar-refractivity contribution in [3.05, 3.63) is 12.7 Å². The first-order chi connectivity index (χ1) is 10.8. The number of likely N-dealkylation sites (tertiary alicyclic amines) is 1. The fraction of sp³-hybridized carbons (Fsp3) is 0.812. The van der Waals surface area contributed by atoms with Gasteiger partial charge in [0.1, 0.15) is 12.7 Å². The molecule has 1 atom stereocenters. The fourth-order valence-corrected chi connectivity index (χ4v) is 2.98. The molecule has 1 saturated heterocycles. The Hall–Kier alpha value is -1.63. The number of nitrogens with zero attached hydrogens (tertiary/aromatic N) is 4. The Morgan fingerprint density at radius 3 is 2.52 bits per heavy atom. The first-order valence-corrected chi connectivity index (χ1v) is 8.47. The molecule has 7 heteroatoms. The van der Waals surface area contributed by atoms with Crippen molar-refractivity contribution in [1.29, 1.82) is 0 Å². The quantitative estimate of drug-likeness (QED) is 0.838. The van der Waals surface area contributed by atoms with Gasteiger partial charge in [0, 0.05) is 25.2 Å². The number of urea groups is 1. The largest absolute Gasteiger partial charge is 0.390 e. The average Bonchev–Trinajstić information content (AvgIpc) is 3.00. The van der Waals surface area contributed by atoms with Gasteiger partial charge in [-0.25, -0.2) is 4.79 Å². The smallest absolute Gasteiger partial charge is 0.317 e. The van der Waals surface area contributed by atoms with Crippen LogP contribution in [0.5, 0.6) is 0 Å². The number of hydrogen-bond acceptors (Lipinski definition) is 4. The number of rotatable bonds is 6. The van der Waals surface area contributed by atoms with Crippen LogP contribution in [0.2, 0.25) is 0 Å². The highest BCUT2D eigenvalue weighted by atomic mass is 16.3. The van der Waals surface area contributed by atoms with E-state index in [9.17, 15) is 9.90 Å². The molecule has 0 saturated carbocycles. The van der Waals surface area contributed by atoms with E-state index in [1.165, 1.54) is 0 Å². The number of nitrogens with one attached hydrogen (secondary N) is 1.